The van der Waals surface area contributed by atoms with Crippen LogP contribution in [-0.4, -0.2) is 104 Å². The number of hydrogen-bond donors (Lipinski definition) is 2. The number of rotatable bonds is 18. The highest BCUT2D eigenvalue weighted by Gasteiger charge is 2.24. The molecule has 0 saturated carbocycles. The highest BCUT2D eigenvalue weighted by atomic mass is 16.6. The first kappa shape index (κ1) is 35.5. The summed E-state index contributed by atoms with van der Waals surface area (Å²) < 4.78 is 27.1. The van der Waals surface area contributed by atoms with Crippen LogP contribution in [0.5, 0.6) is 0 Å². The fraction of sp³-hybridized carbons (Fsp3) is 0.690. The third-order valence-corrected chi connectivity index (χ3v) is 5.10. The van der Waals surface area contributed by atoms with E-state index < -0.39 is 35.3 Å². The molecule has 11 nitrogen and oxygen atoms in total. The number of aliphatic hydroxyl groups is 1. The third kappa shape index (κ3) is 18.7. The highest BCUT2D eigenvalue weighted by molar-refractivity contribution is 5.75. The number of nitrogens with one attached hydrogen (secondary N) is 1. The van der Waals surface area contributed by atoms with Crippen LogP contribution < -0.4 is 5.32 Å². The molecular weight excluding hydrogens is 520 g/mol. The number of carbonyl (C=O) groups excluding carboxylic acids is 3. The van der Waals surface area contributed by atoms with Crippen molar-refractivity contribution in [3.8, 4) is 0 Å². The van der Waals surface area contributed by atoms with Crippen molar-refractivity contribution < 1.29 is 43.2 Å². The molecule has 2 unspecified atom stereocenters. The summed E-state index contributed by atoms with van der Waals surface area (Å²) in [5.41, 5.74) is -0.376. The number of benzene rings is 1. The minimum absolute atomic E-state index is 0.0425. The minimum atomic E-state index is -0.888. The summed E-state index contributed by atoms with van der Waals surface area (Å²) in [5, 5.41) is 13.3. The van der Waals surface area contributed by atoms with Crippen molar-refractivity contribution in [3.05, 3.63) is 35.9 Å². The summed E-state index contributed by atoms with van der Waals surface area (Å²) in [6, 6.07) is 9.43. The van der Waals surface area contributed by atoms with E-state index in [1.54, 1.807) is 53.4 Å². The Kier molecular flexibility index (Phi) is 15.9. The van der Waals surface area contributed by atoms with Crippen LogP contribution in [0.3, 0.4) is 0 Å². The molecule has 0 fully saturated rings. The van der Waals surface area contributed by atoms with Gasteiger partial charge in [0.15, 0.2) is 0 Å². The maximum Gasteiger partial charge on any atom is 0.320 e. The number of hydrogen-bond acceptors (Lipinski definition) is 11. The zero-order valence-corrected chi connectivity index (χ0v) is 25.1. The van der Waals surface area contributed by atoms with Crippen LogP contribution in [0.25, 0.3) is 0 Å². The fourth-order valence-corrected chi connectivity index (χ4v) is 3.27. The first-order chi connectivity index (χ1) is 18.6. The molecule has 0 radical (unpaired) electrons. The first-order valence-corrected chi connectivity index (χ1v) is 13.6. The second-order valence-electron chi connectivity index (χ2n) is 11.4. The lowest BCUT2D eigenvalue weighted by Gasteiger charge is -2.27. The van der Waals surface area contributed by atoms with E-state index in [0.717, 1.165) is 5.56 Å². The van der Waals surface area contributed by atoms with Gasteiger partial charge < -0.3 is 34.1 Å². The molecule has 1 aromatic carbocycles. The minimum Gasteiger partial charge on any atom is -0.460 e. The lowest BCUT2D eigenvalue weighted by molar-refractivity contribution is -0.160. The van der Waals surface area contributed by atoms with E-state index in [4.69, 9.17) is 23.7 Å². The van der Waals surface area contributed by atoms with Gasteiger partial charge in [-0.3, -0.25) is 19.3 Å². The molecule has 2 atom stereocenters. The molecule has 2 N–H and O–H groups in total. The molecule has 228 valence electrons. The van der Waals surface area contributed by atoms with Crippen molar-refractivity contribution in [2.75, 3.05) is 52.5 Å². The Balaban J connectivity index is 2.31. The van der Waals surface area contributed by atoms with Crippen molar-refractivity contribution in [1.29, 1.82) is 0 Å². The SMILES string of the molecule is CC(OCCN(CC(=O)OC(C)(C)C)CC(=O)OC(C)(C)C)C(O)COCCNCC(=O)OCc1ccccc1. The van der Waals surface area contributed by atoms with Crippen molar-refractivity contribution >= 4 is 17.9 Å². The molecule has 0 aliphatic carbocycles. The average molecular weight is 569 g/mol. The van der Waals surface area contributed by atoms with Gasteiger partial charge in [0.1, 0.15) is 23.9 Å². The van der Waals surface area contributed by atoms with Gasteiger partial charge >= 0.3 is 17.9 Å². The quantitative estimate of drug-likeness (QED) is 0.153. The molecule has 40 heavy (non-hydrogen) atoms. The molecule has 1 rings (SSSR count). The number of aliphatic hydroxyl groups excluding tert-OH is 1. The van der Waals surface area contributed by atoms with Crippen LogP contribution in [0.4, 0.5) is 0 Å². The molecule has 0 aliphatic rings. The van der Waals surface area contributed by atoms with Crippen molar-refractivity contribution in [2.24, 2.45) is 0 Å². The number of nitrogens with zero attached hydrogens (tertiary/aromatic N) is 1. The van der Waals surface area contributed by atoms with Crippen LogP contribution in [0.15, 0.2) is 30.3 Å². The normalized spacial score (nSPS) is 13.5. The van der Waals surface area contributed by atoms with Gasteiger partial charge in [-0.1, -0.05) is 30.3 Å². The van der Waals surface area contributed by atoms with Gasteiger partial charge in [0, 0.05) is 13.1 Å². The van der Waals surface area contributed by atoms with Gasteiger partial charge in [-0.2, -0.15) is 0 Å². The van der Waals surface area contributed by atoms with Crippen LogP contribution in [-0.2, 0) is 44.7 Å². The van der Waals surface area contributed by atoms with E-state index in [9.17, 15) is 19.5 Å². The molecule has 0 saturated heterocycles. The van der Waals surface area contributed by atoms with Crippen molar-refractivity contribution in [3.63, 3.8) is 0 Å². The maximum atomic E-state index is 12.3. The van der Waals surface area contributed by atoms with Gasteiger partial charge in [0.2, 0.25) is 0 Å². The molecule has 0 bridgehead atoms. The monoisotopic (exact) mass is 568 g/mol. The Labute approximate surface area is 238 Å². The Morgan fingerprint density at radius 3 is 2.02 bits per heavy atom. The third-order valence-electron chi connectivity index (χ3n) is 5.10. The predicted molar refractivity (Wildman–Crippen MR) is 149 cm³/mol. The van der Waals surface area contributed by atoms with Crippen molar-refractivity contribution in [2.45, 2.75) is 78.5 Å². The zero-order chi connectivity index (χ0) is 30.2. The molecule has 11 heteroatoms. The Morgan fingerprint density at radius 2 is 1.48 bits per heavy atom. The number of ether oxygens (including phenoxy) is 5. The second kappa shape index (κ2) is 18.0. The van der Waals surface area contributed by atoms with E-state index >= 15 is 0 Å². The summed E-state index contributed by atoms with van der Waals surface area (Å²) in [7, 11) is 0. The van der Waals surface area contributed by atoms with Crippen LogP contribution in [0.1, 0.15) is 54.0 Å². The van der Waals surface area contributed by atoms with Crippen LogP contribution in [0, 0.1) is 0 Å². The molecule has 1 aromatic rings. The summed E-state index contributed by atoms with van der Waals surface area (Å²) in [6.45, 7) is 13.6. The van der Waals surface area contributed by atoms with Gasteiger partial charge in [-0.25, -0.2) is 0 Å². The number of carbonyl (C=O) groups is 3. The zero-order valence-electron chi connectivity index (χ0n) is 25.1. The maximum absolute atomic E-state index is 12.3. The van der Waals surface area contributed by atoms with Crippen LogP contribution >= 0.6 is 0 Å². The Morgan fingerprint density at radius 1 is 0.900 bits per heavy atom. The molecule has 0 amide bonds. The Hall–Kier alpha value is -2.57. The Bertz CT molecular complexity index is 852. The van der Waals surface area contributed by atoms with Gasteiger partial charge in [-0.05, 0) is 54.0 Å². The lowest BCUT2D eigenvalue weighted by atomic mass is 10.2. The fourth-order valence-electron chi connectivity index (χ4n) is 3.27. The van der Waals surface area contributed by atoms with Crippen LogP contribution in [0.2, 0.25) is 0 Å². The van der Waals surface area contributed by atoms with E-state index in [-0.39, 0.29) is 58.6 Å². The topological polar surface area (TPSA) is 133 Å². The van der Waals surface area contributed by atoms with Gasteiger partial charge in [0.05, 0.1) is 45.6 Å². The smallest absolute Gasteiger partial charge is 0.320 e. The molecule has 0 heterocycles. The standard InChI is InChI=1S/C29H48N2O9/c1-22(24(32)21-36-15-13-30-17-25(33)38-20-23-11-9-8-10-12-23)37-16-14-31(18-26(34)39-28(2,3)4)19-27(35)40-29(5,6)7/h8-12,22,24,30,32H,13-21H2,1-7H3. The second-order valence-corrected chi connectivity index (χ2v) is 11.4. The van der Waals surface area contributed by atoms with Gasteiger partial charge in [0.25, 0.3) is 0 Å². The molecular formula is C29H48N2O9. The van der Waals surface area contributed by atoms with E-state index in [2.05, 4.69) is 5.32 Å². The summed E-state index contributed by atoms with van der Waals surface area (Å²) in [5.74, 6) is -1.29. The molecule has 0 aromatic heterocycles. The van der Waals surface area contributed by atoms with E-state index in [1.165, 1.54) is 0 Å². The summed E-state index contributed by atoms with van der Waals surface area (Å²) >= 11 is 0. The number of esters is 3. The average Bonchev–Trinajstić information content (AvgIpc) is 2.82. The van der Waals surface area contributed by atoms with Crippen molar-refractivity contribution in [1.82, 2.24) is 10.2 Å². The molecule has 0 aliphatic heterocycles. The van der Waals surface area contributed by atoms with E-state index in [0.29, 0.717) is 6.54 Å². The molecule has 0 spiro atoms. The summed E-state index contributed by atoms with van der Waals surface area (Å²) in [4.78, 5) is 38.0. The lowest BCUT2D eigenvalue weighted by Crippen LogP contribution is -2.42. The largest absolute Gasteiger partial charge is 0.460 e. The predicted octanol–water partition coefficient (Wildman–Crippen LogP) is 2.09. The first-order valence-electron chi connectivity index (χ1n) is 13.6. The van der Waals surface area contributed by atoms with Gasteiger partial charge in [-0.15, -0.1) is 0 Å². The van der Waals surface area contributed by atoms with E-state index in [1.807, 2.05) is 30.3 Å². The highest BCUT2D eigenvalue weighted by Crippen LogP contribution is 2.10. The summed E-state index contributed by atoms with van der Waals surface area (Å²) in [6.07, 6.45) is -1.44.